The molecule has 0 spiro atoms. The zero-order valence-corrected chi connectivity index (χ0v) is 17.5. The van der Waals surface area contributed by atoms with Crippen LogP contribution in [0.3, 0.4) is 0 Å². The molecule has 0 saturated heterocycles. The Morgan fingerprint density at radius 1 is 0.917 bits per heavy atom. The molecule has 1 rings (SSSR count). The van der Waals surface area contributed by atoms with Gasteiger partial charge in [-0.15, -0.1) is 0 Å². The molecule has 0 nitrogen and oxygen atoms in total. The van der Waals surface area contributed by atoms with E-state index in [9.17, 15) is 0 Å². The zero-order chi connectivity index (χ0) is 17.7. The molecule has 24 heavy (non-hydrogen) atoms. The average molecular weight is 343 g/mol. The predicted octanol–water partition coefficient (Wildman–Crippen LogP) is 7.17. The molecule has 0 aliphatic heterocycles. The third kappa shape index (κ3) is 8.68. The fourth-order valence-electron chi connectivity index (χ4n) is 3.06. The van der Waals surface area contributed by atoms with E-state index in [1.807, 2.05) is 0 Å². The molecule has 0 fully saturated rings. The van der Waals surface area contributed by atoms with Gasteiger partial charge < -0.3 is 0 Å². The normalized spacial score (nSPS) is 12.9. The van der Waals surface area contributed by atoms with E-state index in [0.717, 1.165) is 6.42 Å². The van der Waals surface area contributed by atoms with Gasteiger partial charge in [0.15, 0.2) is 0 Å². The molecule has 0 N–H and O–H groups in total. The van der Waals surface area contributed by atoms with Crippen molar-refractivity contribution in [3.63, 3.8) is 0 Å². The second kappa shape index (κ2) is 12.3. The summed E-state index contributed by atoms with van der Waals surface area (Å²) in [5.41, 5.74) is 4.19. The Morgan fingerprint density at radius 3 is 2.25 bits per heavy atom. The summed E-state index contributed by atoms with van der Waals surface area (Å²) in [5.74, 6) is 0. The van der Waals surface area contributed by atoms with E-state index >= 15 is 0 Å². The molecule has 0 atom stereocenters. The first-order chi connectivity index (χ1) is 11.6. The van der Waals surface area contributed by atoms with E-state index < -0.39 is 8.07 Å². The molecule has 0 heterocycles. The van der Waals surface area contributed by atoms with Crippen molar-refractivity contribution in [1.82, 2.24) is 0 Å². The van der Waals surface area contributed by atoms with E-state index in [-0.39, 0.29) is 0 Å². The summed E-state index contributed by atoms with van der Waals surface area (Å²) in [6, 6.07) is 11.0. The van der Waals surface area contributed by atoms with Gasteiger partial charge in [0.25, 0.3) is 0 Å². The number of benzene rings is 1. The van der Waals surface area contributed by atoms with Crippen LogP contribution < -0.4 is 5.19 Å². The summed E-state index contributed by atoms with van der Waals surface area (Å²) >= 11 is 0. The lowest BCUT2D eigenvalue weighted by molar-refractivity contribution is 0.694. The Hall–Kier alpha value is -1.08. The summed E-state index contributed by atoms with van der Waals surface area (Å²) in [6.45, 7) is 9.46. The fourth-order valence-corrected chi connectivity index (χ4v) is 5.01. The molecule has 1 aromatic carbocycles. The average Bonchev–Trinajstić information content (AvgIpc) is 2.59. The minimum Gasteiger partial charge on any atom is -0.0940 e. The van der Waals surface area contributed by atoms with Gasteiger partial charge in [0.2, 0.25) is 0 Å². The van der Waals surface area contributed by atoms with Crippen molar-refractivity contribution >= 4 is 13.3 Å². The number of hydrogen-bond acceptors (Lipinski definition) is 0. The van der Waals surface area contributed by atoms with E-state index in [1.54, 1.807) is 5.57 Å². The van der Waals surface area contributed by atoms with Gasteiger partial charge in [0.05, 0.1) is 0 Å². The van der Waals surface area contributed by atoms with Crippen LogP contribution >= 0.6 is 0 Å². The first-order valence-corrected chi connectivity index (χ1v) is 13.1. The Bertz CT molecular complexity index is 482. The van der Waals surface area contributed by atoms with Crippen LogP contribution in [-0.2, 0) is 0 Å². The molecular weight excluding hydrogens is 304 g/mol. The van der Waals surface area contributed by atoms with Crippen LogP contribution in [0, 0.1) is 0 Å². The van der Waals surface area contributed by atoms with Crippen LogP contribution in [0.5, 0.6) is 0 Å². The molecule has 0 radical (unpaired) electrons. The molecule has 1 heteroatoms. The van der Waals surface area contributed by atoms with Crippen LogP contribution in [0.4, 0.5) is 0 Å². The standard InChI is InChI=1S/C23H38Si/c1-5-7-9-12-17-22(16-11-8-6-2)18-15-21-24(3,4)23-19-13-10-14-20-23/h10,13-15,17,19-21H,5-9,11-12,16,18H2,1-4H3/b21-15+,22-17+. The maximum atomic E-state index is 2.53. The van der Waals surface area contributed by atoms with Gasteiger partial charge >= 0.3 is 0 Å². The van der Waals surface area contributed by atoms with E-state index in [4.69, 9.17) is 0 Å². The number of allylic oxidation sites excluding steroid dienone is 3. The minimum absolute atomic E-state index is 1.15. The van der Waals surface area contributed by atoms with Crippen molar-refractivity contribution in [2.24, 2.45) is 0 Å². The highest BCUT2D eigenvalue weighted by molar-refractivity contribution is 6.93. The Labute approximate surface area is 152 Å². The molecule has 1 aromatic rings. The number of hydrogen-bond donors (Lipinski definition) is 0. The van der Waals surface area contributed by atoms with Gasteiger partial charge in [-0.05, 0) is 32.1 Å². The van der Waals surface area contributed by atoms with Crippen LogP contribution in [0.15, 0.2) is 53.8 Å². The molecule has 0 aromatic heterocycles. The van der Waals surface area contributed by atoms with Crippen molar-refractivity contribution in [1.29, 1.82) is 0 Å². The SMILES string of the molecule is CCCCC/C=C(/C/C=C/[Si](C)(C)c1ccccc1)CCCCC. The summed E-state index contributed by atoms with van der Waals surface area (Å²) in [4.78, 5) is 0. The Balaban J connectivity index is 2.61. The highest BCUT2D eigenvalue weighted by Crippen LogP contribution is 2.17. The molecule has 0 bridgehead atoms. The van der Waals surface area contributed by atoms with Gasteiger partial charge in [0, 0.05) is 0 Å². The topological polar surface area (TPSA) is 0 Å². The third-order valence-electron chi connectivity index (χ3n) is 4.77. The molecule has 134 valence electrons. The van der Waals surface area contributed by atoms with Gasteiger partial charge in [-0.25, -0.2) is 0 Å². The predicted molar refractivity (Wildman–Crippen MR) is 114 cm³/mol. The largest absolute Gasteiger partial charge is 0.103 e. The van der Waals surface area contributed by atoms with E-state index in [0.29, 0.717) is 0 Å². The van der Waals surface area contributed by atoms with Gasteiger partial charge in [-0.3, -0.25) is 0 Å². The quantitative estimate of drug-likeness (QED) is 0.214. The summed E-state index contributed by atoms with van der Waals surface area (Å²) in [7, 11) is -1.44. The fraction of sp³-hybridized carbons (Fsp3) is 0.565. The lowest BCUT2D eigenvalue weighted by Crippen LogP contribution is -2.39. The van der Waals surface area contributed by atoms with Gasteiger partial charge in [0.1, 0.15) is 8.07 Å². The lowest BCUT2D eigenvalue weighted by Gasteiger charge is -2.18. The summed E-state index contributed by atoms with van der Waals surface area (Å²) < 4.78 is 0. The summed E-state index contributed by atoms with van der Waals surface area (Å²) in [5, 5.41) is 1.53. The molecule has 0 aliphatic rings. The maximum absolute atomic E-state index is 2.53. The molecular formula is C23H38Si. The molecule has 0 unspecified atom stereocenters. The highest BCUT2D eigenvalue weighted by Gasteiger charge is 2.18. The van der Waals surface area contributed by atoms with Crippen molar-refractivity contribution < 1.29 is 0 Å². The number of unbranched alkanes of at least 4 members (excludes halogenated alkanes) is 5. The molecule has 0 aliphatic carbocycles. The Morgan fingerprint density at radius 2 is 1.58 bits per heavy atom. The van der Waals surface area contributed by atoms with Crippen LogP contribution in [-0.4, -0.2) is 8.07 Å². The van der Waals surface area contributed by atoms with Crippen molar-refractivity contribution in [2.45, 2.75) is 84.7 Å². The third-order valence-corrected chi connectivity index (χ3v) is 7.66. The molecule has 0 saturated carbocycles. The van der Waals surface area contributed by atoms with E-state index in [2.05, 4.69) is 75.1 Å². The highest BCUT2D eigenvalue weighted by atomic mass is 28.3. The van der Waals surface area contributed by atoms with Crippen molar-refractivity contribution in [3.8, 4) is 0 Å². The Kier molecular flexibility index (Phi) is 10.7. The van der Waals surface area contributed by atoms with Crippen LogP contribution in [0.2, 0.25) is 13.1 Å². The van der Waals surface area contributed by atoms with Gasteiger partial charge in [-0.1, -0.05) is 112 Å². The van der Waals surface area contributed by atoms with Crippen molar-refractivity contribution in [3.05, 3.63) is 53.8 Å². The summed E-state index contributed by atoms with van der Waals surface area (Å²) in [6.07, 6.45) is 16.7. The zero-order valence-electron chi connectivity index (χ0n) is 16.5. The van der Waals surface area contributed by atoms with Crippen LogP contribution in [0.25, 0.3) is 0 Å². The van der Waals surface area contributed by atoms with Crippen molar-refractivity contribution in [2.75, 3.05) is 0 Å². The van der Waals surface area contributed by atoms with Crippen LogP contribution in [0.1, 0.15) is 71.6 Å². The minimum atomic E-state index is -1.44. The monoisotopic (exact) mass is 342 g/mol. The second-order valence-corrected chi connectivity index (χ2v) is 11.9. The van der Waals surface area contributed by atoms with E-state index in [1.165, 1.54) is 56.6 Å². The lowest BCUT2D eigenvalue weighted by atomic mass is 10.0. The smallest absolute Gasteiger partial charge is 0.0940 e. The first kappa shape index (κ1) is 21.0. The number of rotatable bonds is 12. The van der Waals surface area contributed by atoms with Gasteiger partial charge in [-0.2, -0.15) is 0 Å². The first-order valence-electron chi connectivity index (χ1n) is 10.0. The second-order valence-electron chi connectivity index (χ2n) is 7.51. The molecule has 0 amide bonds. The maximum Gasteiger partial charge on any atom is 0.103 e.